The Kier molecular flexibility index (Phi) is 5.85. The minimum atomic E-state index is 0.122. The van der Waals surface area contributed by atoms with Crippen molar-refractivity contribution < 1.29 is 4.74 Å². The number of rotatable bonds is 8. The SMILES string of the molecule is C=CCCOc1nc(-c2cc(C(C)NCC)ncc2Cl)cn2ccnc12. The van der Waals surface area contributed by atoms with E-state index in [1.54, 1.807) is 18.5 Å². The Morgan fingerprint density at radius 3 is 3.04 bits per heavy atom. The zero-order valence-electron chi connectivity index (χ0n) is 14.9. The average molecular weight is 372 g/mol. The molecule has 3 aromatic heterocycles. The molecular weight excluding hydrogens is 350 g/mol. The van der Waals surface area contributed by atoms with Crippen LogP contribution in [-0.2, 0) is 0 Å². The molecule has 0 radical (unpaired) electrons. The maximum absolute atomic E-state index is 6.41. The third-order valence-electron chi connectivity index (χ3n) is 4.01. The standard InChI is InChI=1S/C19H22ClN5O/c1-4-6-9-26-19-18-22-7-8-25(18)12-17(24-19)14-10-16(13(3)21-5-2)23-11-15(14)20/h4,7-8,10-13,21H,1,5-6,9H2,2-3H3. The van der Waals surface area contributed by atoms with Crippen LogP contribution in [-0.4, -0.2) is 32.5 Å². The number of hydrogen-bond donors (Lipinski definition) is 1. The first-order valence-corrected chi connectivity index (χ1v) is 8.98. The zero-order chi connectivity index (χ0) is 18.5. The normalized spacial score (nSPS) is 12.3. The van der Waals surface area contributed by atoms with E-state index in [-0.39, 0.29) is 6.04 Å². The Hall–Kier alpha value is -2.44. The van der Waals surface area contributed by atoms with Gasteiger partial charge < -0.3 is 14.5 Å². The van der Waals surface area contributed by atoms with Gasteiger partial charge in [0.15, 0.2) is 0 Å². The van der Waals surface area contributed by atoms with E-state index < -0.39 is 0 Å². The molecule has 0 bridgehead atoms. The molecule has 7 heteroatoms. The number of imidazole rings is 1. The van der Waals surface area contributed by atoms with Crippen molar-refractivity contribution in [1.82, 2.24) is 24.7 Å². The number of hydrogen-bond acceptors (Lipinski definition) is 5. The van der Waals surface area contributed by atoms with Crippen LogP contribution in [0.15, 0.2) is 43.5 Å². The van der Waals surface area contributed by atoms with Gasteiger partial charge in [0.1, 0.15) is 0 Å². The highest BCUT2D eigenvalue weighted by molar-refractivity contribution is 6.33. The maximum Gasteiger partial charge on any atom is 0.258 e. The largest absolute Gasteiger partial charge is 0.475 e. The molecule has 0 spiro atoms. The topological polar surface area (TPSA) is 64.3 Å². The molecule has 0 saturated carbocycles. The van der Waals surface area contributed by atoms with E-state index in [9.17, 15) is 0 Å². The highest BCUT2D eigenvalue weighted by atomic mass is 35.5. The molecule has 26 heavy (non-hydrogen) atoms. The lowest BCUT2D eigenvalue weighted by Gasteiger charge is -2.14. The summed E-state index contributed by atoms with van der Waals surface area (Å²) in [5.74, 6) is 0.475. The molecule has 0 amide bonds. The van der Waals surface area contributed by atoms with Crippen LogP contribution < -0.4 is 10.1 Å². The number of nitrogens with one attached hydrogen (secondary N) is 1. The van der Waals surface area contributed by atoms with Crippen molar-refractivity contribution in [3.05, 3.63) is 54.2 Å². The van der Waals surface area contributed by atoms with Crippen molar-refractivity contribution in [2.24, 2.45) is 0 Å². The highest BCUT2D eigenvalue weighted by Crippen LogP contribution is 2.30. The lowest BCUT2D eigenvalue weighted by atomic mass is 10.1. The number of halogens is 1. The maximum atomic E-state index is 6.41. The van der Waals surface area contributed by atoms with E-state index in [4.69, 9.17) is 16.3 Å². The molecule has 6 nitrogen and oxygen atoms in total. The summed E-state index contributed by atoms with van der Waals surface area (Å²) in [7, 11) is 0. The molecule has 136 valence electrons. The van der Waals surface area contributed by atoms with Crippen LogP contribution in [0.2, 0.25) is 5.02 Å². The number of fused-ring (bicyclic) bond motifs is 1. The fourth-order valence-corrected chi connectivity index (χ4v) is 2.87. The van der Waals surface area contributed by atoms with Crippen molar-refractivity contribution in [2.75, 3.05) is 13.2 Å². The molecule has 0 saturated heterocycles. The first-order chi connectivity index (χ1) is 12.6. The van der Waals surface area contributed by atoms with Gasteiger partial charge in [-0.1, -0.05) is 24.6 Å². The molecule has 0 fully saturated rings. The van der Waals surface area contributed by atoms with E-state index in [0.29, 0.717) is 28.9 Å². The first-order valence-electron chi connectivity index (χ1n) is 8.60. The van der Waals surface area contributed by atoms with Gasteiger partial charge in [0, 0.05) is 36.4 Å². The van der Waals surface area contributed by atoms with Crippen LogP contribution in [0, 0.1) is 0 Å². The summed E-state index contributed by atoms with van der Waals surface area (Å²) in [5.41, 5.74) is 3.10. The van der Waals surface area contributed by atoms with Gasteiger partial charge in [0.25, 0.3) is 5.88 Å². The van der Waals surface area contributed by atoms with Gasteiger partial charge in [-0.2, -0.15) is 0 Å². The van der Waals surface area contributed by atoms with E-state index >= 15 is 0 Å². The van der Waals surface area contributed by atoms with Crippen LogP contribution in [0.3, 0.4) is 0 Å². The van der Waals surface area contributed by atoms with Gasteiger partial charge >= 0.3 is 0 Å². The van der Waals surface area contributed by atoms with Gasteiger partial charge in [-0.25, -0.2) is 9.97 Å². The van der Waals surface area contributed by atoms with E-state index in [2.05, 4.69) is 40.7 Å². The van der Waals surface area contributed by atoms with Gasteiger partial charge in [-0.3, -0.25) is 4.98 Å². The molecule has 3 rings (SSSR count). The third kappa shape index (κ3) is 3.86. The van der Waals surface area contributed by atoms with Crippen LogP contribution in [0.1, 0.15) is 32.0 Å². The van der Waals surface area contributed by atoms with Gasteiger partial charge in [-0.05, 0) is 26.0 Å². The third-order valence-corrected chi connectivity index (χ3v) is 4.31. The van der Waals surface area contributed by atoms with E-state index in [0.717, 1.165) is 24.2 Å². The Balaban J connectivity index is 2.04. The number of aromatic nitrogens is 4. The van der Waals surface area contributed by atoms with Crippen LogP contribution in [0.25, 0.3) is 16.9 Å². The van der Waals surface area contributed by atoms with Crippen molar-refractivity contribution >= 4 is 17.2 Å². The second kappa shape index (κ2) is 8.29. The van der Waals surface area contributed by atoms with Crippen LogP contribution in [0.5, 0.6) is 5.88 Å². The lowest BCUT2D eigenvalue weighted by molar-refractivity contribution is 0.315. The summed E-state index contributed by atoms with van der Waals surface area (Å²) >= 11 is 6.41. The average Bonchev–Trinajstić information content (AvgIpc) is 3.11. The zero-order valence-corrected chi connectivity index (χ0v) is 15.7. The molecule has 1 N–H and O–H groups in total. The van der Waals surface area contributed by atoms with Crippen molar-refractivity contribution in [3.63, 3.8) is 0 Å². The molecule has 0 aliphatic heterocycles. The Labute approximate surface area is 157 Å². The smallest absolute Gasteiger partial charge is 0.258 e. The summed E-state index contributed by atoms with van der Waals surface area (Å²) in [4.78, 5) is 13.4. The van der Waals surface area contributed by atoms with Crippen LogP contribution in [0.4, 0.5) is 0 Å². The summed E-state index contributed by atoms with van der Waals surface area (Å²) in [6.45, 7) is 9.20. The van der Waals surface area contributed by atoms with Gasteiger partial charge in [0.05, 0.1) is 23.0 Å². The number of ether oxygens (including phenoxy) is 1. The monoisotopic (exact) mass is 371 g/mol. The molecule has 3 aromatic rings. The van der Waals surface area contributed by atoms with Crippen molar-refractivity contribution in [1.29, 1.82) is 0 Å². The molecular formula is C19H22ClN5O. The molecule has 1 unspecified atom stereocenters. The predicted molar refractivity (Wildman–Crippen MR) is 104 cm³/mol. The molecule has 1 atom stereocenters. The van der Waals surface area contributed by atoms with Crippen LogP contribution >= 0.6 is 11.6 Å². The first kappa shape index (κ1) is 18.4. The number of pyridine rings is 1. The lowest BCUT2D eigenvalue weighted by Crippen LogP contribution is -2.18. The molecule has 0 aliphatic carbocycles. The van der Waals surface area contributed by atoms with Crippen molar-refractivity contribution in [3.8, 4) is 17.1 Å². The minimum absolute atomic E-state index is 0.122. The highest BCUT2D eigenvalue weighted by Gasteiger charge is 2.15. The fraction of sp³-hybridized carbons (Fsp3) is 0.316. The predicted octanol–water partition coefficient (Wildman–Crippen LogP) is 4.07. The Bertz CT molecular complexity index is 908. The van der Waals surface area contributed by atoms with Crippen molar-refractivity contribution in [2.45, 2.75) is 26.3 Å². The fourth-order valence-electron chi connectivity index (χ4n) is 2.67. The summed E-state index contributed by atoms with van der Waals surface area (Å²) in [6.07, 6.45) is 9.68. The summed E-state index contributed by atoms with van der Waals surface area (Å²) in [5, 5.41) is 3.90. The molecule has 0 aromatic carbocycles. The quantitative estimate of drug-likeness (QED) is 0.477. The minimum Gasteiger partial charge on any atom is -0.475 e. The summed E-state index contributed by atoms with van der Waals surface area (Å²) in [6, 6.07) is 2.09. The van der Waals surface area contributed by atoms with Gasteiger partial charge in [-0.15, -0.1) is 6.58 Å². The Morgan fingerprint density at radius 2 is 2.27 bits per heavy atom. The Morgan fingerprint density at radius 1 is 1.42 bits per heavy atom. The van der Waals surface area contributed by atoms with E-state index in [1.807, 2.05) is 22.9 Å². The molecule has 3 heterocycles. The van der Waals surface area contributed by atoms with E-state index in [1.165, 1.54) is 0 Å². The number of nitrogens with zero attached hydrogens (tertiary/aromatic N) is 4. The molecule has 0 aliphatic rings. The second-order valence-electron chi connectivity index (χ2n) is 5.88. The second-order valence-corrected chi connectivity index (χ2v) is 6.29. The van der Waals surface area contributed by atoms with Gasteiger partial charge in [0.2, 0.25) is 5.65 Å². The summed E-state index contributed by atoms with van der Waals surface area (Å²) < 4.78 is 7.68.